The average Bonchev–Trinajstić information content (AvgIpc) is 3.21. The van der Waals surface area contributed by atoms with Gasteiger partial charge in [0.15, 0.2) is 0 Å². The van der Waals surface area contributed by atoms with Crippen LogP contribution in [0.1, 0.15) is 120 Å². The first kappa shape index (κ1) is 42.3. The summed E-state index contributed by atoms with van der Waals surface area (Å²) in [5, 5.41) is 41.3. The zero-order valence-corrected chi connectivity index (χ0v) is 38.8. The van der Waals surface area contributed by atoms with Gasteiger partial charge >= 0.3 is 0 Å². The van der Waals surface area contributed by atoms with E-state index >= 15 is 0 Å². The largest absolute Gasteiger partial charge is 0.456 e. The summed E-state index contributed by atoms with van der Waals surface area (Å²) < 4.78 is 54.5. The molecule has 4 N–H and O–H groups in total. The Labute approximate surface area is 380 Å². The molecule has 4 aliphatic heterocycles. The van der Waals surface area contributed by atoms with Gasteiger partial charge in [-0.05, 0) is 139 Å². The van der Waals surface area contributed by atoms with E-state index in [9.17, 15) is 20.4 Å². The Morgan fingerprint density at radius 2 is 0.500 bits per heavy atom. The van der Waals surface area contributed by atoms with Crippen LogP contribution >= 0.6 is 63.7 Å². The molecule has 320 valence electrons. The van der Waals surface area contributed by atoms with Crippen molar-refractivity contribution < 1.29 is 58.3 Å². The van der Waals surface area contributed by atoms with Crippen molar-refractivity contribution in [3.63, 3.8) is 0 Å². The summed E-state index contributed by atoms with van der Waals surface area (Å²) in [7, 11) is 0. The lowest BCUT2D eigenvalue weighted by molar-refractivity contribution is 0.0952. The molecule has 9 rings (SSSR count). The van der Waals surface area contributed by atoms with E-state index in [0.717, 1.165) is 44.5 Å². The van der Waals surface area contributed by atoms with Crippen LogP contribution in [-0.4, -0.2) is 74.0 Å². The molecule has 5 aliphatic rings. The lowest BCUT2D eigenvalue weighted by Gasteiger charge is -2.36. The van der Waals surface area contributed by atoms with Gasteiger partial charge in [-0.3, -0.25) is 0 Å². The van der Waals surface area contributed by atoms with E-state index in [2.05, 4.69) is 88.0 Å². The highest BCUT2D eigenvalue weighted by Crippen LogP contribution is 2.60. The Morgan fingerprint density at radius 1 is 0.333 bits per heavy atom. The molecule has 12 nitrogen and oxygen atoms in total. The Balaban J connectivity index is 1.46. The normalized spacial score (nSPS) is 20.3. The molecule has 0 radical (unpaired) electrons. The first-order valence-electron chi connectivity index (χ1n) is 20.2. The standard InChI is InChI=1S/C44H44Br4O12/c45-33-37-25-13-27-22(6-2-10-50)29-15-31-24(8-4-12-52)32-16-30-23(7-3-11-51)28-14-26(21(25)5-1-9-49)38(54-17-53-37)34(46)40(28)56-19-58-42(30)36(48)44(32)60-20-59-43(31)35(47)41(29)57-18-55-39(27)33/h13-16,21-24,49-52H,1-12,17-20H2. The summed E-state index contributed by atoms with van der Waals surface area (Å²) in [6, 6.07) is 8.62. The zero-order chi connectivity index (χ0) is 41.7. The van der Waals surface area contributed by atoms with Crippen LogP contribution in [0.2, 0.25) is 0 Å². The van der Waals surface area contributed by atoms with Crippen LogP contribution < -0.4 is 37.9 Å². The van der Waals surface area contributed by atoms with Crippen molar-refractivity contribution in [2.24, 2.45) is 0 Å². The number of aliphatic hydroxyl groups is 4. The van der Waals surface area contributed by atoms with Gasteiger partial charge in [0.2, 0.25) is 27.2 Å². The van der Waals surface area contributed by atoms with Crippen LogP contribution in [0, 0.1) is 0 Å². The van der Waals surface area contributed by atoms with E-state index in [-0.39, 0.29) is 77.3 Å². The van der Waals surface area contributed by atoms with Crippen LogP contribution in [0.15, 0.2) is 42.2 Å². The van der Waals surface area contributed by atoms with Gasteiger partial charge in [-0.15, -0.1) is 0 Å². The Kier molecular flexibility index (Phi) is 12.7. The third kappa shape index (κ3) is 7.24. The van der Waals surface area contributed by atoms with Gasteiger partial charge in [-0.25, -0.2) is 0 Å². The number of halogens is 4. The lowest BCUT2D eigenvalue weighted by atomic mass is 9.76. The second-order valence-corrected chi connectivity index (χ2v) is 18.6. The van der Waals surface area contributed by atoms with Crippen molar-refractivity contribution in [1.82, 2.24) is 0 Å². The van der Waals surface area contributed by atoms with Crippen LogP contribution in [0.4, 0.5) is 0 Å². The number of rotatable bonds is 12. The second-order valence-electron chi connectivity index (χ2n) is 15.4. The maximum Gasteiger partial charge on any atom is 0.231 e. The molecule has 0 aromatic heterocycles. The van der Waals surface area contributed by atoms with Gasteiger partial charge in [-0.2, -0.15) is 0 Å². The third-order valence-electron chi connectivity index (χ3n) is 12.2. The number of hydrogen-bond donors (Lipinski definition) is 4. The SMILES string of the molecule is OCCCC1c2cc3c4c(Br)c2OCOc2c1cc1c(c2Br)OCOc2c(cc5c(c2Br)OCOc2c(cc(c(c2Br)OCO4)C3CCCO)C5CCCO)C1CCCO. The molecule has 0 amide bonds. The van der Waals surface area contributed by atoms with E-state index in [0.29, 0.717) is 115 Å². The molecule has 4 heterocycles. The third-order valence-corrected chi connectivity index (χ3v) is 15.1. The molecule has 0 unspecified atom stereocenters. The predicted octanol–water partition coefficient (Wildman–Crippen LogP) is 9.58. The minimum atomic E-state index is -0.345. The van der Waals surface area contributed by atoms with Crippen LogP contribution in [0.3, 0.4) is 0 Å². The summed E-state index contributed by atoms with van der Waals surface area (Å²) >= 11 is 15.7. The first-order valence-corrected chi connectivity index (χ1v) is 23.4. The van der Waals surface area contributed by atoms with Crippen molar-refractivity contribution in [2.75, 3.05) is 53.6 Å². The number of hydrogen-bond acceptors (Lipinski definition) is 12. The van der Waals surface area contributed by atoms with Crippen LogP contribution in [0.5, 0.6) is 46.0 Å². The highest BCUT2D eigenvalue weighted by molar-refractivity contribution is 9.11. The van der Waals surface area contributed by atoms with Crippen molar-refractivity contribution in [3.05, 3.63) is 86.7 Å². The quantitative estimate of drug-likeness (QED) is 0.107. The molecule has 0 saturated carbocycles. The minimum Gasteiger partial charge on any atom is -0.456 e. The molecule has 8 bridgehead atoms. The van der Waals surface area contributed by atoms with E-state index in [1.165, 1.54) is 0 Å². The summed E-state index contributed by atoms with van der Waals surface area (Å²) in [4.78, 5) is 0. The Hall–Kier alpha value is -2.96. The van der Waals surface area contributed by atoms with Crippen molar-refractivity contribution in [2.45, 2.75) is 75.0 Å². The lowest BCUT2D eigenvalue weighted by Crippen LogP contribution is -2.23. The van der Waals surface area contributed by atoms with E-state index in [1.807, 2.05) is 0 Å². The van der Waals surface area contributed by atoms with Crippen molar-refractivity contribution >= 4 is 63.7 Å². The molecule has 0 spiro atoms. The summed E-state index contributed by atoms with van der Waals surface area (Å²) in [6.45, 7) is -0.626. The predicted molar refractivity (Wildman–Crippen MR) is 234 cm³/mol. The molecule has 0 fully saturated rings. The maximum atomic E-state index is 10.3. The fraction of sp³-hybridized carbons (Fsp3) is 0.455. The van der Waals surface area contributed by atoms with E-state index < -0.39 is 0 Å². The molecule has 4 aromatic carbocycles. The van der Waals surface area contributed by atoms with Gasteiger partial charge in [0.25, 0.3) is 0 Å². The topological polar surface area (TPSA) is 155 Å². The molecule has 4 aromatic rings. The Morgan fingerprint density at radius 3 is 0.650 bits per heavy atom. The zero-order valence-electron chi connectivity index (χ0n) is 32.5. The van der Waals surface area contributed by atoms with Gasteiger partial charge in [0, 0.05) is 94.6 Å². The molecular formula is C44H44Br4O12. The second kappa shape index (κ2) is 18.0. The number of benzene rings is 4. The molecular weight excluding hydrogens is 1040 g/mol. The molecule has 16 heteroatoms. The number of ether oxygens (including phenoxy) is 8. The number of aliphatic hydroxyl groups excluding tert-OH is 4. The van der Waals surface area contributed by atoms with Crippen LogP contribution in [0.25, 0.3) is 0 Å². The van der Waals surface area contributed by atoms with Gasteiger partial charge < -0.3 is 58.3 Å². The van der Waals surface area contributed by atoms with Gasteiger partial charge in [0.1, 0.15) is 63.9 Å². The van der Waals surface area contributed by atoms with Gasteiger partial charge in [-0.1, -0.05) is 0 Å². The molecule has 0 saturated heterocycles. The minimum absolute atomic E-state index is 0.0269. The highest BCUT2D eigenvalue weighted by Gasteiger charge is 2.40. The molecule has 1 aliphatic carbocycles. The smallest absolute Gasteiger partial charge is 0.231 e. The fourth-order valence-corrected chi connectivity index (χ4v) is 12.3. The first-order chi connectivity index (χ1) is 29.3. The monoisotopic (exact) mass is 1080 g/mol. The Bertz CT molecular complexity index is 1860. The van der Waals surface area contributed by atoms with Crippen molar-refractivity contribution in [3.8, 4) is 46.0 Å². The van der Waals surface area contributed by atoms with E-state index in [1.54, 1.807) is 0 Å². The summed E-state index contributed by atoms with van der Waals surface area (Å²) in [6.07, 6.45) is 4.13. The molecule has 0 atom stereocenters. The summed E-state index contributed by atoms with van der Waals surface area (Å²) in [5.41, 5.74) is 7.01. The average molecular weight is 1080 g/mol. The van der Waals surface area contributed by atoms with E-state index in [4.69, 9.17) is 37.9 Å². The van der Waals surface area contributed by atoms with Crippen molar-refractivity contribution in [1.29, 1.82) is 0 Å². The fourth-order valence-electron chi connectivity index (χ4n) is 9.55. The highest BCUT2D eigenvalue weighted by atomic mass is 79.9. The maximum absolute atomic E-state index is 10.3. The van der Waals surface area contributed by atoms with Crippen LogP contribution in [-0.2, 0) is 0 Å². The summed E-state index contributed by atoms with van der Waals surface area (Å²) in [5.74, 6) is 3.05. The van der Waals surface area contributed by atoms with Gasteiger partial charge in [0.05, 0.1) is 0 Å². The molecule has 60 heavy (non-hydrogen) atoms.